The molecular weight excluding hydrogens is 762 g/mol. The van der Waals surface area contributed by atoms with Gasteiger partial charge in [-0.25, -0.2) is 25.3 Å². The maximum absolute atomic E-state index is 12.8. The van der Waals surface area contributed by atoms with Gasteiger partial charge in [-0.15, -0.1) is 0 Å². The molecule has 0 bridgehead atoms. The summed E-state index contributed by atoms with van der Waals surface area (Å²) in [4.78, 5) is -1.07. The summed E-state index contributed by atoms with van der Waals surface area (Å²) >= 11 is 0. The number of rotatable bonds is 8. The van der Waals surface area contributed by atoms with Gasteiger partial charge < -0.3 is 0 Å². The van der Waals surface area contributed by atoms with Gasteiger partial charge in [0.1, 0.15) is 0 Å². The van der Waals surface area contributed by atoms with Crippen molar-refractivity contribution in [2.45, 2.75) is 72.8 Å². The molecule has 1 N–H and O–H groups in total. The van der Waals surface area contributed by atoms with Gasteiger partial charge in [0.15, 0.2) is 0 Å². The lowest BCUT2D eigenvalue weighted by molar-refractivity contribution is -0.138. The zero-order valence-corrected chi connectivity index (χ0v) is 28.8. The molecule has 2 saturated heterocycles. The van der Waals surface area contributed by atoms with E-state index in [2.05, 4.69) is 0 Å². The largest absolute Gasteiger partial charge is 0.416 e. The quantitative estimate of drug-likeness (QED) is 0.221. The van der Waals surface area contributed by atoms with Gasteiger partial charge in [-0.1, -0.05) is 25.0 Å². The summed E-state index contributed by atoms with van der Waals surface area (Å²) in [6.07, 6.45) is -6.74. The van der Waals surface area contributed by atoms with Crippen LogP contribution < -0.4 is 0 Å². The van der Waals surface area contributed by atoms with Crippen molar-refractivity contribution in [1.82, 2.24) is 8.61 Å². The van der Waals surface area contributed by atoms with E-state index in [-0.39, 0.29) is 25.9 Å². The van der Waals surface area contributed by atoms with Crippen LogP contribution in [-0.2, 0) is 51.6 Å². The van der Waals surface area contributed by atoms with Gasteiger partial charge in [-0.3, -0.25) is 4.55 Å². The van der Waals surface area contributed by atoms with Gasteiger partial charge in [0.25, 0.3) is 10.1 Å². The Labute approximate surface area is 279 Å². The number of halogens is 7. The molecule has 11 nitrogen and oxygen atoms in total. The topological polar surface area (TPSA) is 163 Å². The summed E-state index contributed by atoms with van der Waals surface area (Å²) in [6.45, 7) is 0.0222. The Bertz CT molecular complexity index is 1750. The average Bonchev–Trinajstić information content (AvgIpc) is 2.95. The van der Waals surface area contributed by atoms with Crippen LogP contribution in [0.25, 0.3) is 0 Å². The van der Waals surface area contributed by atoms with E-state index in [1.54, 1.807) is 0 Å². The zero-order valence-electron chi connectivity index (χ0n) is 24.7. The highest BCUT2D eigenvalue weighted by atomic mass is 35.7. The molecule has 0 amide bonds. The highest BCUT2D eigenvalue weighted by Gasteiger charge is 2.39. The molecule has 2 aromatic carbocycles. The van der Waals surface area contributed by atoms with E-state index < -0.39 is 96.1 Å². The summed E-state index contributed by atoms with van der Waals surface area (Å²) in [5.74, 6) is -1.36. The van der Waals surface area contributed by atoms with Crippen LogP contribution in [0.3, 0.4) is 0 Å². The van der Waals surface area contributed by atoms with E-state index in [1.165, 1.54) is 0 Å². The van der Waals surface area contributed by atoms with Crippen LogP contribution in [0.5, 0.6) is 0 Å². The van der Waals surface area contributed by atoms with Gasteiger partial charge >= 0.3 is 12.4 Å². The first-order chi connectivity index (χ1) is 21.8. The fourth-order valence-corrected chi connectivity index (χ4v) is 11.1. The first-order valence-electron chi connectivity index (χ1n) is 14.1. The van der Waals surface area contributed by atoms with Crippen LogP contribution in [0, 0.1) is 0 Å². The zero-order chi connectivity index (χ0) is 36.3. The Morgan fingerprint density at radius 2 is 1.02 bits per heavy atom. The maximum Gasteiger partial charge on any atom is 0.416 e. The smallest absolute Gasteiger partial charge is 0.285 e. The van der Waals surface area contributed by atoms with E-state index in [0.717, 1.165) is 45.0 Å². The van der Waals surface area contributed by atoms with Crippen LogP contribution in [0.15, 0.2) is 58.3 Å². The van der Waals surface area contributed by atoms with Crippen molar-refractivity contribution in [2.75, 3.05) is 24.6 Å². The molecule has 2 aromatic rings. The molecule has 4 rings (SSSR count). The molecule has 2 aliphatic heterocycles. The van der Waals surface area contributed by atoms with Gasteiger partial charge in [0, 0.05) is 35.9 Å². The van der Waals surface area contributed by atoms with Crippen LogP contribution in [0.4, 0.5) is 26.3 Å². The first-order valence-corrected chi connectivity index (χ1v) is 21.0. The Kier molecular flexibility index (Phi) is 12.7. The highest BCUT2D eigenvalue weighted by molar-refractivity contribution is 8.13. The first kappa shape index (κ1) is 40.4. The van der Waals surface area contributed by atoms with Gasteiger partial charge in [0.05, 0.1) is 32.4 Å². The lowest BCUT2D eigenvalue weighted by Crippen LogP contribution is -2.46. The Balaban J connectivity index is 0.000000260. The van der Waals surface area contributed by atoms with Gasteiger partial charge in [-0.2, -0.15) is 43.4 Å². The van der Waals surface area contributed by atoms with Crippen LogP contribution >= 0.6 is 10.7 Å². The third-order valence-electron chi connectivity index (χ3n) is 7.48. The number of hydrogen-bond acceptors (Lipinski definition) is 8. The minimum Gasteiger partial charge on any atom is -0.285 e. The molecule has 0 spiro atoms. The van der Waals surface area contributed by atoms with E-state index in [4.69, 9.17) is 15.2 Å². The molecule has 0 aromatic heterocycles. The van der Waals surface area contributed by atoms with E-state index in [0.29, 0.717) is 37.8 Å². The predicted molar refractivity (Wildman–Crippen MR) is 162 cm³/mol. The lowest BCUT2D eigenvalue weighted by Gasteiger charge is -2.34. The van der Waals surface area contributed by atoms with Gasteiger partial charge in [-0.05, 0) is 62.1 Å². The molecule has 2 fully saturated rings. The van der Waals surface area contributed by atoms with Crippen molar-refractivity contribution >= 4 is 49.9 Å². The monoisotopic (exact) mass is 792 g/mol. The third kappa shape index (κ3) is 11.0. The minimum atomic E-state index is -4.69. The van der Waals surface area contributed by atoms with Gasteiger partial charge in [0.2, 0.25) is 29.1 Å². The minimum absolute atomic E-state index is 0.0151. The molecule has 0 radical (unpaired) electrons. The number of piperidine rings is 2. The van der Waals surface area contributed by atoms with Crippen molar-refractivity contribution in [1.29, 1.82) is 0 Å². The van der Waals surface area contributed by atoms with Crippen molar-refractivity contribution in [3.8, 4) is 0 Å². The van der Waals surface area contributed by atoms with E-state index >= 15 is 0 Å². The Hall–Kier alpha value is -2.01. The summed E-state index contributed by atoms with van der Waals surface area (Å²) in [5, 5.41) is 0. The molecule has 0 aliphatic carbocycles. The SMILES string of the molecule is O=S(=O)(Cl)CC1CCCCN1S(=O)(=O)c1cccc(C(F)(F)F)c1.O=S(=O)(O)CC1CCCCN1S(=O)(=O)c1cccc(C(F)(F)F)c1. The van der Waals surface area contributed by atoms with Crippen molar-refractivity contribution < 1.29 is 64.6 Å². The molecule has 2 unspecified atom stereocenters. The Morgan fingerprint density at radius 1 is 0.646 bits per heavy atom. The second-order valence-electron chi connectivity index (χ2n) is 11.0. The average molecular weight is 793 g/mol. The number of nitrogens with zero attached hydrogens (tertiary/aromatic N) is 2. The number of alkyl halides is 6. The molecule has 2 heterocycles. The number of hydrogen-bond donors (Lipinski definition) is 1. The second kappa shape index (κ2) is 15.1. The molecule has 0 saturated carbocycles. The molecule has 272 valence electrons. The number of sulfonamides is 2. The fraction of sp³-hybridized carbons (Fsp3) is 0.538. The molecule has 2 atom stereocenters. The van der Waals surface area contributed by atoms with Crippen LogP contribution in [-0.4, -0.2) is 83.5 Å². The normalized spacial score (nSPS) is 20.9. The van der Waals surface area contributed by atoms with Crippen LogP contribution in [0.2, 0.25) is 0 Å². The van der Waals surface area contributed by atoms with Crippen LogP contribution in [0.1, 0.15) is 49.7 Å². The standard InChI is InChI=1S/C13H15ClF3NO4S2.C13H16F3NO5S2/c14-23(19,20)9-11-5-1-2-7-18(11)24(21,22)12-6-3-4-10(8-12)13(15,16)17;14-13(15,16)10-4-3-6-12(8-10)24(21,22)17-7-2-1-5-11(17)9-23(18,19)20/h3-4,6,8,11H,1-2,5,7,9H2;3-4,6,8,11H,1-2,5,7,9H2,(H,18,19,20). The summed E-state index contributed by atoms with van der Waals surface area (Å²) < 4.78 is 183. The van der Waals surface area contributed by atoms with Crippen molar-refractivity contribution in [2.24, 2.45) is 0 Å². The molecule has 2 aliphatic rings. The molecule has 22 heteroatoms. The lowest BCUT2D eigenvalue weighted by atomic mass is 10.1. The molecule has 48 heavy (non-hydrogen) atoms. The fourth-order valence-electron chi connectivity index (χ4n) is 5.32. The maximum atomic E-state index is 12.8. The Morgan fingerprint density at radius 3 is 1.35 bits per heavy atom. The van der Waals surface area contributed by atoms with Crippen molar-refractivity contribution in [3.05, 3.63) is 59.7 Å². The van der Waals surface area contributed by atoms with E-state index in [9.17, 15) is 60.0 Å². The predicted octanol–water partition coefficient (Wildman–Crippen LogP) is 4.95. The summed E-state index contributed by atoms with van der Waals surface area (Å²) in [6, 6.07) is 4.79. The summed E-state index contributed by atoms with van der Waals surface area (Å²) in [5.41, 5.74) is -2.19. The highest BCUT2D eigenvalue weighted by Crippen LogP contribution is 2.34. The molecular formula is C26H31ClF6N2O9S4. The second-order valence-corrected chi connectivity index (χ2v) is 19.1. The van der Waals surface area contributed by atoms with E-state index in [1.807, 2.05) is 0 Å². The number of benzene rings is 2. The summed E-state index contributed by atoms with van der Waals surface area (Å²) in [7, 11) is -11.7. The third-order valence-corrected chi connectivity index (χ3v) is 13.3. The van der Waals surface area contributed by atoms with Crippen molar-refractivity contribution in [3.63, 3.8) is 0 Å².